The molecule has 2 rings (SSSR count). The molecular formula is C13H10BrFN2O. The molecule has 0 spiro atoms. The minimum atomic E-state index is -0.495. The molecule has 0 radical (unpaired) electrons. The first-order chi connectivity index (χ1) is 8.56. The van der Waals surface area contributed by atoms with Gasteiger partial charge in [0, 0.05) is 15.8 Å². The number of benzene rings is 2. The predicted octanol–water partition coefficient (Wildman–Crippen LogP) is 3.42. The summed E-state index contributed by atoms with van der Waals surface area (Å²) in [6.07, 6.45) is 0. The molecule has 0 aliphatic carbocycles. The van der Waals surface area contributed by atoms with E-state index in [1.807, 2.05) is 0 Å². The predicted molar refractivity (Wildman–Crippen MR) is 72.9 cm³/mol. The summed E-state index contributed by atoms with van der Waals surface area (Å²) in [6, 6.07) is 10.8. The topological polar surface area (TPSA) is 55.1 Å². The lowest BCUT2D eigenvalue weighted by molar-refractivity contribution is 0.102. The molecular weight excluding hydrogens is 299 g/mol. The van der Waals surface area contributed by atoms with Gasteiger partial charge in [-0.25, -0.2) is 4.39 Å². The summed E-state index contributed by atoms with van der Waals surface area (Å²) >= 11 is 3.30. The highest BCUT2D eigenvalue weighted by molar-refractivity contribution is 9.10. The van der Waals surface area contributed by atoms with Crippen LogP contribution in [0.25, 0.3) is 0 Å². The summed E-state index contributed by atoms with van der Waals surface area (Å²) < 4.78 is 14.0. The van der Waals surface area contributed by atoms with Crippen LogP contribution in [0.1, 0.15) is 10.4 Å². The Morgan fingerprint density at radius 1 is 1.17 bits per heavy atom. The average Bonchev–Trinajstić information content (AvgIpc) is 2.35. The number of carbonyl (C=O) groups is 1. The Bertz CT molecular complexity index is 584. The van der Waals surface area contributed by atoms with E-state index in [1.165, 1.54) is 12.1 Å². The van der Waals surface area contributed by atoms with Crippen molar-refractivity contribution < 1.29 is 9.18 Å². The van der Waals surface area contributed by atoms with Crippen molar-refractivity contribution in [3.05, 3.63) is 58.3 Å². The van der Waals surface area contributed by atoms with Gasteiger partial charge in [-0.15, -0.1) is 0 Å². The molecule has 0 aromatic heterocycles. The second-order valence-electron chi connectivity index (χ2n) is 3.69. The minimum absolute atomic E-state index is 0.123. The van der Waals surface area contributed by atoms with E-state index in [0.29, 0.717) is 5.69 Å². The Hall–Kier alpha value is -1.88. The highest BCUT2D eigenvalue weighted by atomic mass is 79.9. The van der Waals surface area contributed by atoms with Crippen LogP contribution in [0.2, 0.25) is 0 Å². The van der Waals surface area contributed by atoms with Crippen molar-refractivity contribution in [1.29, 1.82) is 0 Å². The molecule has 2 aromatic rings. The van der Waals surface area contributed by atoms with Crippen molar-refractivity contribution in [3.63, 3.8) is 0 Å². The van der Waals surface area contributed by atoms with E-state index < -0.39 is 11.7 Å². The second-order valence-corrected chi connectivity index (χ2v) is 4.61. The van der Waals surface area contributed by atoms with Crippen LogP contribution < -0.4 is 11.1 Å². The van der Waals surface area contributed by atoms with Crippen molar-refractivity contribution >= 4 is 33.2 Å². The summed E-state index contributed by atoms with van der Waals surface area (Å²) in [5.41, 5.74) is 6.62. The zero-order chi connectivity index (χ0) is 13.1. The van der Waals surface area contributed by atoms with E-state index in [4.69, 9.17) is 5.73 Å². The van der Waals surface area contributed by atoms with E-state index >= 15 is 0 Å². The maximum atomic E-state index is 13.1. The number of rotatable bonds is 2. The zero-order valence-electron chi connectivity index (χ0n) is 9.28. The van der Waals surface area contributed by atoms with E-state index in [2.05, 4.69) is 21.2 Å². The van der Waals surface area contributed by atoms with Crippen molar-refractivity contribution in [3.8, 4) is 0 Å². The molecule has 1 amide bonds. The van der Waals surface area contributed by atoms with Gasteiger partial charge in [0.25, 0.3) is 5.91 Å². The van der Waals surface area contributed by atoms with Crippen LogP contribution in [0.15, 0.2) is 46.9 Å². The maximum absolute atomic E-state index is 13.1. The summed E-state index contributed by atoms with van der Waals surface area (Å²) in [6.45, 7) is 0. The molecule has 0 atom stereocenters. The molecule has 0 aliphatic heterocycles. The lowest BCUT2D eigenvalue weighted by Gasteiger charge is -2.07. The fraction of sp³-hybridized carbons (Fsp3) is 0. The SMILES string of the molecule is Nc1ccc(F)cc1C(=O)Nc1ccc(Br)cc1. The Morgan fingerprint density at radius 2 is 1.83 bits per heavy atom. The van der Waals surface area contributed by atoms with Crippen molar-refractivity contribution in [1.82, 2.24) is 0 Å². The van der Waals surface area contributed by atoms with Gasteiger partial charge >= 0.3 is 0 Å². The van der Waals surface area contributed by atoms with Gasteiger partial charge in [0.2, 0.25) is 0 Å². The molecule has 0 fully saturated rings. The van der Waals surface area contributed by atoms with Crippen LogP contribution >= 0.6 is 15.9 Å². The molecule has 18 heavy (non-hydrogen) atoms. The van der Waals surface area contributed by atoms with Crippen LogP contribution in [-0.4, -0.2) is 5.91 Å². The number of halogens is 2. The molecule has 3 nitrogen and oxygen atoms in total. The smallest absolute Gasteiger partial charge is 0.257 e. The van der Waals surface area contributed by atoms with Gasteiger partial charge in [-0.1, -0.05) is 15.9 Å². The highest BCUT2D eigenvalue weighted by Crippen LogP contribution is 2.18. The number of nitrogen functional groups attached to an aromatic ring is 1. The molecule has 5 heteroatoms. The molecule has 0 bridgehead atoms. The van der Waals surface area contributed by atoms with Crippen molar-refractivity contribution in [2.75, 3.05) is 11.1 Å². The number of nitrogens with one attached hydrogen (secondary N) is 1. The van der Waals surface area contributed by atoms with E-state index in [9.17, 15) is 9.18 Å². The van der Waals surface area contributed by atoms with Gasteiger partial charge in [0.1, 0.15) is 5.82 Å². The number of amides is 1. The third-order valence-corrected chi connectivity index (χ3v) is 2.89. The molecule has 0 saturated heterocycles. The minimum Gasteiger partial charge on any atom is -0.398 e. The summed E-state index contributed by atoms with van der Waals surface area (Å²) in [5.74, 6) is -0.931. The monoisotopic (exact) mass is 308 g/mol. The molecule has 3 N–H and O–H groups in total. The normalized spacial score (nSPS) is 10.1. The standard InChI is InChI=1S/C13H10BrFN2O/c14-8-1-4-10(5-2-8)17-13(18)11-7-9(15)3-6-12(11)16/h1-7H,16H2,(H,17,18). The Morgan fingerprint density at radius 3 is 2.50 bits per heavy atom. The first-order valence-electron chi connectivity index (χ1n) is 5.18. The fourth-order valence-corrected chi connectivity index (χ4v) is 1.72. The number of carbonyl (C=O) groups excluding carboxylic acids is 1. The van der Waals surface area contributed by atoms with E-state index in [0.717, 1.165) is 10.5 Å². The van der Waals surface area contributed by atoms with Crippen LogP contribution in [0.4, 0.5) is 15.8 Å². The summed E-state index contributed by atoms with van der Waals surface area (Å²) in [5, 5.41) is 2.65. The average molecular weight is 309 g/mol. The summed E-state index contributed by atoms with van der Waals surface area (Å²) in [4.78, 5) is 11.9. The third kappa shape index (κ3) is 2.87. The zero-order valence-corrected chi connectivity index (χ0v) is 10.9. The first-order valence-corrected chi connectivity index (χ1v) is 5.97. The first kappa shape index (κ1) is 12.6. The van der Waals surface area contributed by atoms with Crippen molar-refractivity contribution in [2.45, 2.75) is 0 Å². The number of anilines is 2. The maximum Gasteiger partial charge on any atom is 0.257 e. The molecule has 0 saturated carbocycles. The lowest BCUT2D eigenvalue weighted by Crippen LogP contribution is -2.14. The van der Waals surface area contributed by atoms with Crippen LogP contribution in [-0.2, 0) is 0 Å². The second kappa shape index (κ2) is 5.18. The van der Waals surface area contributed by atoms with Crippen LogP contribution in [0.5, 0.6) is 0 Å². The molecule has 92 valence electrons. The molecule has 0 heterocycles. The molecule has 0 aliphatic rings. The third-order valence-electron chi connectivity index (χ3n) is 2.36. The Kier molecular flexibility index (Phi) is 3.62. The van der Waals surface area contributed by atoms with Gasteiger partial charge in [0.15, 0.2) is 0 Å². The number of hydrogen-bond donors (Lipinski definition) is 2. The van der Waals surface area contributed by atoms with Gasteiger partial charge < -0.3 is 11.1 Å². The van der Waals surface area contributed by atoms with Crippen LogP contribution in [0.3, 0.4) is 0 Å². The molecule has 2 aromatic carbocycles. The Balaban J connectivity index is 2.21. The van der Waals surface area contributed by atoms with E-state index in [1.54, 1.807) is 24.3 Å². The fourth-order valence-electron chi connectivity index (χ4n) is 1.46. The lowest BCUT2D eigenvalue weighted by atomic mass is 10.1. The van der Waals surface area contributed by atoms with Gasteiger partial charge in [-0.3, -0.25) is 4.79 Å². The van der Waals surface area contributed by atoms with Gasteiger partial charge in [-0.05, 0) is 42.5 Å². The van der Waals surface area contributed by atoms with Gasteiger partial charge in [0.05, 0.1) is 5.56 Å². The van der Waals surface area contributed by atoms with Crippen LogP contribution in [0, 0.1) is 5.82 Å². The molecule has 0 unspecified atom stereocenters. The van der Waals surface area contributed by atoms with Gasteiger partial charge in [-0.2, -0.15) is 0 Å². The highest BCUT2D eigenvalue weighted by Gasteiger charge is 2.10. The largest absolute Gasteiger partial charge is 0.398 e. The quantitative estimate of drug-likeness (QED) is 0.835. The van der Waals surface area contributed by atoms with E-state index in [-0.39, 0.29) is 11.3 Å². The number of hydrogen-bond acceptors (Lipinski definition) is 2. The summed E-state index contributed by atoms with van der Waals surface area (Å²) in [7, 11) is 0. The Labute approximate surface area is 112 Å². The van der Waals surface area contributed by atoms with Crippen molar-refractivity contribution in [2.24, 2.45) is 0 Å². The number of nitrogens with two attached hydrogens (primary N) is 1.